The van der Waals surface area contributed by atoms with Crippen LogP contribution in [0.3, 0.4) is 0 Å². The quantitative estimate of drug-likeness (QED) is 0.752. The molecule has 1 aliphatic rings. The minimum Gasteiger partial charge on any atom is -0.194 e. The van der Waals surface area contributed by atoms with Crippen molar-refractivity contribution in [2.45, 2.75) is 5.16 Å². The smallest absolute Gasteiger partial charge is 0.194 e. The lowest BCUT2D eigenvalue weighted by molar-refractivity contribution is 0.770. The summed E-state index contributed by atoms with van der Waals surface area (Å²) in [7, 11) is 0. The number of hydrogen-bond donors (Lipinski definition) is 0. The first-order chi connectivity index (χ1) is 7.93. The molecule has 0 saturated carbocycles. The van der Waals surface area contributed by atoms with Crippen LogP contribution in [0.5, 0.6) is 0 Å². The molecule has 0 atom stereocenters. The van der Waals surface area contributed by atoms with Gasteiger partial charge in [-0.15, -0.1) is 10.2 Å². The maximum Gasteiger partial charge on any atom is 0.216 e. The molecule has 0 fully saturated rings. The fourth-order valence-corrected chi connectivity index (χ4v) is 2.28. The first-order valence-electron chi connectivity index (χ1n) is 4.81. The Hall–Kier alpha value is -1.88. The highest BCUT2D eigenvalue weighted by molar-refractivity contribution is 8.08. The third-order valence-electron chi connectivity index (χ3n) is 2.18. The van der Waals surface area contributed by atoms with Gasteiger partial charge in [-0.2, -0.15) is 9.78 Å². The van der Waals surface area contributed by atoms with Gasteiger partial charge in [0.05, 0.1) is 0 Å². The van der Waals surface area contributed by atoms with Crippen LogP contribution in [-0.2, 0) is 0 Å². The lowest BCUT2D eigenvalue weighted by Crippen LogP contribution is -1.87. The molecule has 0 saturated heterocycles. The molecule has 4 nitrogen and oxygen atoms in total. The highest BCUT2D eigenvalue weighted by atomic mass is 32.2. The van der Waals surface area contributed by atoms with E-state index in [1.54, 1.807) is 29.0 Å². The van der Waals surface area contributed by atoms with Crippen LogP contribution in [0.4, 0.5) is 0 Å². The largest absolute Gasteiger partial charge is 0.216 e. The average Bonchev–Trinajstić information content (AvgIpc) is 2.68. The summed E-state index contributed by atoms with van der Waals surface area (Å²) in [6, 6.07) is 10.2. The summed E-state index contributed by atoms with van der Waals surface area (Å²) in [6.07, 6.45) is 5.34. The summed E-state index contributed by atoms with van der Waals surface area (Å²) >= 11 is 1.56. The van der Waals surface area contributed by atoms with Crippen molar-refractivity contribution in [1.82, 2.24) is 14.9 Å². The SMILES string of the molecule is C1=Nn2cnnc2SC(c2ccccc2)=C1. The third kappa shape index (κ3) is 1.65. The highest BCUT2D eigenvalue weighted by Crippen LogP contribution is 2.33. The van der Waals surface area contributed by atoms with Gasteiger partial charge in [0.15, 0.2) is 0 Å². The zero-order valence-corrected chi connectivity index (χ0v) is 9.13. The van der Waals surface area contributed by atoms with E-state index in [1.165, 1.54) is 0 Å². The molecule has 16 heavy (non-hydrogen) atoms. The lowest BCUT2D eigenvalue weighted by atomic mass is 10.2. The molecule has 0 amide bonds. The fourth-order valence-electron chi connectivity index (χ4n) is 1.43. The van der Waals surface area contributed by atoms with Gasteiger partial charge in [0, 0.05) is 11.1 Å². The Balaban J connectivity index is 2.01. The number of nitrogens with zero attached hydrogens (tertiary/aromatic N) is 4. The van der Waals surface area contributed by atoms with Gasteiger partial charge >= 0.3 is 0 Å². The number of thioether (sulfide) groups is 1. The Bertz CT molecular complexity index is 556. The van der Waals surface area contributed by atoms with Crippen molar-refractivity contribution in [2.24, 2.45) is 5.10 Å². The minimum atomic E-state index is 0.781. The summed E-state index contributed by atoms with van der Waals surface area (Å²) < 4.78 is 1.66. The zero-order chi connectivity index (χ0) is 10.8. The Morgan fingerprint density at radius 2 is 2.00 bits per heavy atom. The highest BCUT2D eigenvalue weighted by Gasteiger charge is 2.11. The molecule has 78 valence electrons. The van der Waals surface area contributed by atoms with Crippen molar-refractivity contribution in [3.05, 3.63) is 48.3 Å². The molecule has 0 radical (unpaired) electrons. The van der Waals surface area contributed by atoms with Gasteiger partial charge in [0.2, 0.25) is 5.16 Å². The number of benzene rings is 1. The molecule has 1 aromatic heterocycles. The molecular weight excluding hydrogens is 220 g/mol. The number of fused-ring (bicyclic) bond motifs is 1. The Morgan fingerprint density at radius 1 is 1.12 bits per heavy atom. The van der Waals surface area contributed by atoms with Crippen LogP contribution >= 0.6 is 11.8 Å². The van der Waals surface area contributed by atoms with Crippen molar-refractivity contribution in [2.75, 3.05) is 0 Å². The fraction of sp³-hybridized carbons (Fsp3) is 0. The van der Waals surface area contributed by atoms with Gasteiger partial charge in [-0.3, -0.25) is 0 Å². The van der Waals surface area contributed by atoms with Crippen molar-refractivity contribution in [3.63, 3.8) is 0 Å². The topological polar surface area (TPSA) is 43.1 Å². The lowest BCUT2D eigenvalue weighted by Gasteiger charge is -2.02. The maximum atomic E-state index is 4.19. The zero-order valence-electron chi connectivity index (χ0n) is 8.32. The maximum absolute atomic E-state index is 4.19. The monoisotopic (exact) mass is 228 g/mol. The van der Waals surface area contributed by atoms with E-state index in [0.717, 1.165) is 15.6 Å². The number of hydrogen-bond acceptors (Lipinski definition) is 4. The van der Waals surface area contributed by atoms with E-state index in [-0.39, 0.29) is 0 Å². The molecule has 0 unspecified atom stereocenters. The van der Waals surface area contributed by atoms with Crippen LogP contribution in [0, 0.1) is 0 Å². The molecule has 0 N–H and O–H groups in total. The second-order valence-electron chi connectivity index (χ2n) is 3.22. The third-order valence-corrected chi connectivity index (χ3v) is 3.22. The summed E-state index contributed by atoms with van der Waals surface area (Å²) in [4.78, 5) is 1.12. The van der Waals surface area contributed by atoms with Crippen molar-refractivity contribution in [3.8, 4) is 0 Å². The number of allylic oxidation sites excluding steroid dienone is 1. The predicted molar refractivity (Wildman–Crippen MR) is 64.2 cm³/mol. The normalized spacial score (nSPS) is 14.1. The first-order valence-corrected chi connectivity index (χ1v) is 5.63. The van der Waals surface area contributed by atoms with Gasteiger partial charge in [0.25, 0.3) is 0 Å². The van der Waals surface area contributed by atoms with Gasteiger partial charge < -0.3 is 0 Å². The summed E-state index contributed by atoms with van der Waals surface area (Å²) in [5, 5.41) is 12.8. The molecule has 0 spiro atoms. The molecule has 5 heteroatoms. The Morgan fingerprint density at radius 3 is 2.88 bits per heavy atom. The van der Waals surface area contributed by atoms with Crippen LogP contribution in [-0.4, -0.2) is 21.1 Å². The van der Waals surface area contributed by atoms with Gasteiger partial charge in [-0.1, -0.05) is 30.3 Å². The van der Waals surface area contributed by atoms with Crippen molar-refractivity contribution < 1.29 is 0 Å². The predicted octanol–water partition coefficient (Wildman–Crippen LogP) is 2.26. The summed E-state index contributed by atoms with van der Waals surface area (Å²) in [6.45, 7) is 0. The number of rotatable bonds is 1. The Labute approximate surface area is 96.7 Å². The minimum absolute atomic E-state index is 0.781. The average molecular weight is 228 g/mol. The summed E-state index contributed by atoms with van der Waals surface area (Å²) in [5.74, 6) is 0. The van der Waals surface area contributed by atoms with Crippen molar-refractivity contribution in [1.29, 1.82) is 0 Å². The van der Waals surface area contributed by atoms with E-state index < -0.39 is 0 Å². The van der Waals surface area contributed by atoms with E-state index in [1.807, 2.05) is 24.3 Å². The Kier molecular flexibility index (Phi) is 2.30. The molecule has 1 aliphatic heterocycles. The molecule has 0 aliphatic carbocycles. The standard InChI is InChI=1S/C11H8N4S/c1-2-4-9(5-3-1)10-6-7-13-15-8-12-14-11(15)16-10/h1-8H. The van der Waals surface area contributed by atoms with Crippen LogP contribution in [0.1, 0.15) is 5.56 Å². The van der Waals surface area contributed by atoms with Gasteiger partial charge in [0.1, 0.15) is 6.33 Å². The first kappa shape index (κ1) is 9.35. The van der Waals surface area contributed by atoms with Crippen LogP contribution in [0.15, 0.2) is 53.0 Å². The van der Waals surface area contributed by atoms with Crippen LogP contribution in [0.2, 0.25) is 0 Å². The molecule has 3 rings (SSSR count). The molecule has 0 bridgehead atoms. The van der Waals surface area contributed by atoms with E-state index in [0.29, 0.717) is 0 Å². The molecule has 2 aromatic rings. The molecule has 1 aromatic carbocycles. The summed E-state index contributed by atoms with van der Waals surface area (Å²) in [5.41, 5.74) is 1.16. The number of aromatic nitrogens is 3. The van der Waals surface area contributed by atoms with E-state index in [2.05, 4.69) is 27.4 Å². The van der Waals surface area contributed by atoms with Crippen LogP contribution in [0.25, 0.3) is 4.91 Å². The van der Waals surface area contributed by atoms with E-state index in [4.69, 9.17) is 0 Å². The molecular formula is C11H8N4S. The van der Waals surface area contributed by atoms with Gasteiger partial charge in [-0.25, -0.2) is 0 Å². The van der Waals surface area contributed by atoms with E-state index >= 15 is 0 Å². The van der Waals surface area contributed by atoms with Crippen molar-refractivity contribution >= 4 is 22.9 Å². The van der Waals surface area contributed by atoms with Crippen LogP contribution < -0.4 is 0 Å². The second kappa shape index (κ2) is 3.94. The van der Waals surface area contributed by atoms with Gasteiger partial charge in [-0.05, 0) is 23.4 Å². The molecule has 2 heterocycles. The second-order valence-corrected chi connectivity index (χ2v) is 4.23. The van der Waals surface area contributed by atoms with E-state index in [9.17, 15) is 0 Å².